The number of ether oxygens (including phenoxy) is 1. The van der Waals surface area contributed by atoms with Crippen molar-refractivity contribution in [2.75, 3.05) is 37.6 Å². The minimum Gasteiger partial charge on any atom is -0.494 e. The van der Waals surface area contributed by atoms with Crippen LogP contribution in [0.25, 0.3) is 0 Å². The Kier molecular flexibility index (Phi) is 9.06. The van der Waals surface area contributed by atoms with Gasteiger partial charge in [0.15, 0.2) is 0 Å². The number of likely N-dealkylation sites (tertiary alicyclic amines) is 1. The topological polar surface area (TPSA) is 112 Å². The van der Waals surface area contributed by atoms with Crippen LogP contribution in [0, 0.1) is 6.92 Å². The fraction of sp³-hybridized carbons (Fsp3) is 0.379. The van der Waals surface area contributed by atoms with Gasteiger partial charge in [-0.25, -0.2) is 14.6 Å². The molecular weight excluding hydrogens is 516 g/mol. The van der Waals surface area contributed by atoms with Gasteiger partial charge in [-0.1, -0.05) is 6.07 Å². The van der Waals surface area contributed by atoms with E-state index < -0.39 is 12.3 Å². The van der Waals surface area contributed by atoms with Crippen molar-refractivity contribution in [2.24, 2.45) is 16.7 Å². The third kappa shape index (κ3) is 6.60. The number of hydrogen-bond acceptors (Lipinski definition) is 8. The minimum atomic E-state index is -2.69. The van der Waals surface area contributed by atoms with Crippen molar-refractivity contribution >= 4 is 23.5 Å². The average Bonchev–Trinajstić information content (AvgIpc) is 3.43. The zero-order valence-electron chi connectivity index (χ0n) is 23.3. The molecule has 0 spiro atoms. The van der Waals surface area contributed by atoms with Crippen molar-refractivity contribution in [3.8, 4) is 5.75 Å². The van der Waals surface area contributed by atoms with Crippen LogP contribution in [0.5, 0.6) is 5.75 Å². The molecule has 214 valence electrons. The van der Waals surface area contributed by atoms with Crippen molar-refractivity contribution in [3.05, 3.63) is 76.1 Å². The van der Waals surface area contributed by atoms with Crippen LogP contribution in [-0.4, -0.2) is 55.3 Å². The van der Waals surface area contributed by atoms with Crippen molar-refractivity contribution in [1.29, 1.82) is 0 Å². The van der Waals surface area contributed by atoms with Crippen LogP contribution in [0.1, 0.15) is 53.2 Å². The number of hydrogen-bond donors (Lipinski definition) is 3. The van der Waals surface area contributed by atoms with Crippen molar-refractivity contribution < 1.29 is 18.3 Å². The number of nitrogens with one attached hydrogen (secondary N) is 1. The zero-order chi connectivity index (χ0) is 29.0. The number of hydrazone groups is 1. The molecule has 9 nitrogen and oxygen atoms in total. The maximum atomic E-state index is 13.8. The second-order valence-electron chi connectivity index (χ2n) is 10.2. The van der Waals surface area contributed by atoms with Gasteiger partial charge < -0.3 is 15.8 Å². The third-order valence-electron chi connectivity index (χ3n) is 7.24. The summed E-state index contributed by atoms with van der Waals surface area (Å²) in [5, 5.41) is 10.2. The van der Waals surface area contributed by atoms with Crippen molar-refractivity contribution in [2.45, 2.75) is 45.7 Å². The number of amides is 1. The van der Waals surface area contributed by atoms with Crippen LogP contribution in [0.2, 0.25) is 0 Å². The lowest BCUT2D eigenvalue weighted by molar-refractivity contribution is 0.102. The van der Waals surface area contributed by atoms with Gasteiger partial charge in [0.1, 0.15) is 5.75 Å². The highest BCUT2D eigenvalue weighted by Gasteiger charge is 2.22. The number of halogens is 2. The van der Waals surface area contributed by atoms with Crippen LogP contribution in [-0.2, 0) is 6.54 Å². The number of methoxy groups -OCH3 is 1. The Morgan fingerprint density at radius 3 is 2.65 bits per heavy atom. The Labute approximate surface area is 233 Å². The number of nitrogens with two attached hydrogens (primary N) is 2. The Morgan fingerprint density at radius 1 is 1.27 bits per heavy atom. The third-order valence-corrected chi connectivity index (χ3v) is 7.24. The molecule has 2 aromatic rings. The quantitative estimate of drug-likeness (QED) is 0.309. The average molecular weight is 554 g/mol. The summed E-state index contributed by atoms with van der Waals surface area (Å²) in [5.41, 5.74) is 9.73. The highest BCUT2D eigenvalue weighted by molar-refractivity contribution is 6.06. The first-order valence-corrected chi connectivity index (χ1v) is 13.2. The van der Waals surface area contributed by atoms with E-state index in [0.717, 1.165) is 37.1 Å². The molecule has 0 aliphatic carbocycles. The molecule has 2 aliphatic rings. The van der Waals surface area contributed by atoms with Gasteiger partial charge in [-0.2, -0.15) is 5.10 Å². The largest absolute Gasteiger partial charge is 0.494 e. The van der Waals surface area contributed by atoms with Gasteiger partial charge in [-0.05, 0) is 75.7 Å². The van der Waals surface area contributed by atoms with Crippen molar-refractivity contribution in [1.82, 2.24) is 9.91 Å². The second-order valence-corrected chi connectivity index (χ2v) is 10.2. The van der Waals surface area contributed by atoms with Gasteiger partial charge in [-0.15, -0.1) is 0 Å². The summed E-state index contributed by atoms with van der Waals surface area (Å²) in [6.45, 7) is 6.11. The highest BCUT2D eigenvalue weighted by atomic mass is 19.3. The monoisotopic (exact) mass is 553 g/mol. The number of allylic oxidation sites excluding steroid dienone is 1. The maximum Gasteiger partial charge on any atom is 0.263 e. The summed E-state index contributed by atoms with van der Waals surface area (Å²) >= 11 is 0. The second kappa shape index (κ2) is 12.5. The predicted molar refractivity (Wildman–Crippen MR) is 154 cm³/mol. The number of hydrazine groups is 1. The number of carbonyl (C=O) groups is 1. The minimum absolute atomic E-state index is 0.0726. The summed E-state index contributed by atoms with van der Waals surface area (Å²) in [6.07, 6.45) is 4.64. The maximum absolute atomic E-state index is 13.8. The van der Waals surface area contributed by atoms with E-state index in [4.69, 9.17) is 16.3 Å². The molecule has 1 saturated heterocycles. The van der Waals surface area contributed by atoms with E-state index in [0.29, 0.717) is 34.8 Å². The van der Waals surface area contributed by atoms with E-state index in [2.05, 4.69) is 15.3 Å². The Bertz CT molecular complexity index is 1340. The molecular formula is C29H37F2N7O2. The lowest BCUT2D eigenvalue weighted by Crippen LogP contribution is -2.30. The molecule has 40 heavy (non-hydrogen) atoms. The molecule has 5 N–H and O–H groups in total. The van der Waals surface area contributed by atoms with Gasteiger partial charge in [0.2, 0.25) is 0 Å². The molecule has 4 rings (SSSR count). The zero-order valence-corrected chi connectivity index (χ0v) is 23.3. The first-order valence-electron chi connectivity index (χ1n) is 13.2. The van der Waals surface area contributed by atoms with Gasteiger partial charge >= 0.3 is 0 Å². The number of alkyl halides is 2. The van der Waals surface area contributed by atoms with Crippen LogP contribution in [0.3, 0.4) is 0 Å². The van der Waals surface area contributed by atoms with Gasteiger partial charge in [0.25, 0.3) is 12.3 Å². The first kappa shape index (κ1) is 29.0. The van der Waals surface area contributed by atoms with E-state index >= 15 is 0 Å². The molecule has 0 bridgehead atoms. The van der Waals surface area contributed by atoms with E-state index in [1.54, 1.807) is 30.6 Å². The number of carbonyl (C=O) groups excluding carboxylic acids is 1. The van der Waals surface area contributed by atoms with E-state index in [-0.39, 0.29) is 17.3 Å². The fourth-order valence-electron chi connectivity index (χ4n) is 4.83. The number of anilines is 2. The molecule has 1 amide bonds. The number of nitrogens with zero attached hydrogens (tertiary/aromatic N) is 4. The predicted octanol–water partition coefficient (Wildman–Crippen LogP) is 4.52. The van der Waals surface area contributed by atoms with Crippen molar-refractivity contribution in [3.63, 3.8) is 0 Å². The molecule has 1 unspecified atom stereocenters. The smallest absolute Gasteiger partial charge is 0.263 e. The number of benzene rings is 2. The number of aryl methyl sites for hydroxylation is 1. The molecule has 2 aromatic carbocycles. The summed E-state index contributed by atoms with van der Waals surface area (Å²) in [6, 6.07) is 7.83. The van der Waals surface area contributed by atoms with E-state index in [1.165, 1.54) is 24.3 Å². The van der Waals surface area contributed by atoms with Crippen LogP contribution >= 0.6 is 0 Å². The summed E-state index contributed by atoms with van der Waals surface area (Å²) < 4.78 is 33.2. The molecule has 2 heterocycles. The number of likely N-dealkylation sites (N-methyl/N-ethyl adjacent to an activating group) is 1. The lowest BCUT2D eigenvalue weighted by Gasteiger charge is -2.24. The van der Waals surface area contributed by atoms with E-state index in [1.807, 2.05) is 32.0 Å². The molecule has 2 aliphatic heterocycles. The normalized spacial score (nSPS) is 17.8. The van der Waals surface area contributed by atoms with Gasteiger partial charge in [0.05, 0.1) is 36.4 Å². The highest BCUT2D eigenvalue weighted by Crippen LogP contribution is 2.36. The fourth-order valence-corrected chi connectivity index (χ4v) is 4.83. The molecule has 1 fully saturated rings. The SMILES string of the molecule is COc1c(CN2CCCC2)cc(C(F)F)cc1NC(=O)c1ccc(C)c(N(N)/C=C(\N)C2=CC(C)N(C)N=C2)c1. The molecule has 0 radical (unpaired) electrons. The Balaban J connectivity index is 1.59. The van der Waals surface area contributed by atoms with Gasteiger partial charge in [0, 0.05) is 42.1 Å². The molecule has 0 saturated carbocycles. The van der Waals surface area contributed by atoms with Crippen LogP contribution < -0.4 is 26.6 Å². The lowest BCUT2D eigenvalue weighted by atomic mass is 10.1. The summed E-state index contributed by atoms with van der Waals surface area (Å²) in [4.78, 5) is 15.5. The molecule has 11 heteroatoms. The standard InChI is InChI=1S/C29H37F2N7O2/c1-18-7-8-20(14-26(18)38(33)17-24(32)22-11-19(2)36(3)34-15-22)29(39)35-25-13-21(28(30)31)12-23(27(25)40-4)16-37-9-5-6-10-37/h7-8,11-15,17,19,28H,5-6,9-10,16,32-33H2,1-4H3,(H,35,39)/b24-17-. The van der Waals surface area contributed by atoms with E-state index in [9.17, 15) is 13.6 Å². The molecule has 1 atom stereocenters. The van der Waals surface area contributed by atoms with Crippen LogP contribution in [0.4, 0.5) is 20.2 Å². The number of rotatable bonds is 9. The Morgan fingerprint density at radius 2 is 2.00 bits per heavy atom. The van der Waals surface area contributed by atoms with Crippen LogP contribution in [0.15, 0.2) is 59.0 Å². The molecule has 0 aromatic heterocycles. The Hall–Kier alpha value is -3.96. The summed E-state index contributed by atoms with van der Waals surface area (Å²) in [7, 11) is 3.34. The first-order chi connectivity index (χ1) is 19.1. The summed E-state index contributed by atoms with van der Waals surface area (Å²) in [5.74, 6) is 6.23. The van der Waals surface area contributed by atoms with Gasteiger partial charge in [-0.3, -0.25) is 19.7 Å².